The zero-order valence-corrected chi connectivity index (χ0v) is 14.3. The summed E-state index contributed by atoms with van der Waals surface area (Å²) in [6.07, 6.45) is 11.9. The van der Waals surface area contributed by atoms with Crippen LogP contribution >= 0.6 is 0 Å². The van der Waals surface area contributed by atoms with Crippen molar-refractivity contribution in [3.63, 3.8) is 0 Å². The lowest BCUT2D eigenvalue weighted by Crippen LogP contribution is -2.41. The van der Waals surface area contributed by atoms with Gasteiger partial charge in [0.1, 0.15) is 0 Å². The number of hydrogen-bond donors (Lipinski definition) is 1. The van der Waals surface area contributed by atoms with Gasteiger partial charge in [0.25, 0.3) is 0 Å². The molecule has 1 aliphatic heterocycles. The van der Waals surface area contributed by atoms with Gasteiger partial charge in [-0.3, -0.25) is 4.79 Å². The Labute approximate surface area is 131 Å². The molecule has 1 atom stereocenters. The maximum Gasteiger partial charge on any atom is 0.222 e. The highest BCUT2D eigenvalue weighted by Gasteiger charge is 2.19. The maximum atomic E-state index is 12.4. The molecule has 1 rings (SSSR count). The Morgan fingerprint density at radius 2 is 1.86 bits per heavy atom. The Bertz CT molecular complexity index is 262. The lowest BCUT2D eigenvalue weighted by molar-refractivity contribution is -0.132. The minimum atomic E-state index is 0.387. The summed E-state index contributed by atoms with van der Waals surface area (Å²) in [5.74, 6) is 1.05. The van der Waals surface area contributed by atoms with Gasteiger partial charge in [-0.1, -0.05) is 46.0 Å². The SMILES string of the molecule is CCCCCCCCC(=O)N(CCC)CC1CCCNC1. The maximum absolute atomic E-state index is 12.4. The first-order chi connectivity index (χ1) is 10.3. The number of carbonyl (C=O) groups excluding carboxylic acids is 1. The average molecular weight is 296 g/mol. The highest BCUT2D eigenvalue weighted by Crippen LogP contribution is 2.14. The molecule has 0 spiro atoms. The molecular formula is C18H36N2O. The van der Waals surface area contributed by atoms with Gasteiger partial charge in [0.15, 0.2) is 0 Å². The first kappa shape index (κ1) is 18.5. The van der Waals surface area contributed by atoms with Crippen molar-refractivity contribution in [2.45, 2.75) is 78.1 Å². The van der Waals surface area contributed by atoms with Gasteiger partial charge in [0, 0.05) is 19.5 Å². The third-order valence-corrected chi connectivity index (χ3v) is 4.47. The monoisotopic (exact) mass is 296 g/mol. The molecule has 1 aliphatic rings. The second-order valence-electron chi connectivity index (χ2n) is 6.57. The molecule has 0 radical (unpaired) electrons. The number of unbranched alkanes of at least 4 members (excludes halogenated alkanes) is 5. The Morgan fingerprint density at radius 1 is 1.10 bits per heavy atom. The molecule has 1 N–H and O–H groups in total. The molecule has 0 aromatic carbocycles. The summed E-state index contributed by atoms with van der Waals surface area (Å²) in [5, 5.41) is 3.46. The van der Waals surface area contributed by atoms with Gasteiger partial charge in [-0.2, -0.15) is 0 Å². The number of nitrogens with one attached hydrogen (secondary N) is 1. The number of nitrogens with zero attached hydrogens (tertiary/aromatic N) is 1. The van der Waals surface area contributed by atoms with Crippen molar-refractivity contribution in [2.75, 3.05) is 26.2 Å². The summed E-state index contributed by atoms with van der Waals surface area (Å²) in [5.41, 5.74) is 0. The van der Waals surface area contributed by atoms with Crippen LogP contribution in [0.5, 0.6) is 0 Å². The summed E-state index contributed by atoms with van der Waals surface area (Å²) in [4.78, 5) is 14.5. The minimum Gasteiger partial charge on any atom is -0.342 e. The topological polar surface area (TPSA) is 32.3 Å². The summed E-state index contributed by atoms with van der Waals surface area (Å²) in [6, 6.07) is 0. The van der Waals surface area contributed by atoms with E-state index in [0.717, 1.165) is 45.4 Å². The van der Waals surface area contributed by atoms with E-state index >= 15 is 0 Å². The first-order valence-electron chi connectivity index (χ1n) is 9.26. The summed E-state index contributed by atoms with van der Waals surface area (Å²) in [7, 11) is 0. The molecule has 0 aromatic heterocycles. The van der Waals surface area contributed by atoms with Crippen LogP contribution in [0.3, 0.4) is 0 Å². The highest BCUT2D eigenvalue weighted by molar-refractivity contribution is 5.76. The summed E-state index contributed by atoms with van der Waals surface area (Å²) < 4.78 is 0. The van der Waals surface area contributed by atoms with Crippen LogP contribution in [0.1, 0.15) is 78.1 Å². The van der Waals surface area contributed by atoms with E-state index in [-0.39, 0.29) is 0 Å². The molecule has 3 nitrogen and oxygen atoms in total. The summed E-state index contributed by atoms with van der Waals surface area (Å²) in [6.45, 7) is 8.55. The molecule has 124 valence electrons. The molecule has 1 saturated heterocycles. The first-order valence-corrected chi connectivity index (χ1v) is 9.26. The van der Waals surface area contributed by atoms with Crippen molar-refractivity contribution in [1.29, 1.82) is 0 Å². The smallest absolute Gasteiger partial charge is 0.222 e. The van der Waals surface area contributed by atoms with E-state index in [4.69, 9.17) is 0 Å². The van der Waals surface area contributed by atoms with Crippen LogP contribution in [-0.4, -0.2) is 37.0 Å². The lowest BCUT2D eigenvalue weighted by Gasteiger charge is -2.30. The lowest BCUT2D eigenvalue weighted by atomic mass is 9.98. The van der Waals surface area contributed by atoms with E-state index in [1.54, 1.807) is 0 Å². The molecule has 21 heavy (non-hydrogen) atoms. The summed E-state index contributed by atoms with van der Waals surface area (Å²) >= 11 is 0. The molecular weight excluding hydrogens is 260 g/mol. The predicted molar refractivity (Wildman–Crippen MR) is 90.5 cm³/mol. The fourth-order valence-corrected chi connectivity index (χ4v) is 3.19. The van der Waals surface area contributed by atoms with Crippen molar-refractivity contribution in [3.8, 4) is 0 Å². The van der Waals surface area contributed by atoms with Crippen molar-refractivity contribution in [1.82, 2.24) is 10.2 Å². The van der Waals surface area contributed by atoms with Crippen LogP contribution in [0.15, 0.2) is 0 Å². The number of carbonyl (C=O) groups is 1. The molecule has 1 fully saturated rings. The van der Waals surface area contributed by atoms with Gasteiger partial charge < -0.3 is 10.2 Å². The molecule has 1 unspecified atom stereocenters. The van der Waals surface area contributed by atoms with Crippen molar-refractivity contribution in [3.05, 3.63) is 0 Å². The van der Waals surface area contributed by atoms with Crippen LogP contribution in [-0.2, 0) is 4.79 Å². The predicted octanol–water partition coefficient (Wildman–Crippen LogP) is 3.98. The normalized spacial score (nSPS) is 18.7. The van der Waals surface area contributed by atoms with E-state index in [1.807, 2.05) is 0 Å². The van der Waals surface area contributed by atoms with Gasteiger partial charge in [-0.15, -0.1) is 0 Å². The van der Waals surface area contributed by atoms with Crippen LogP contribution in [0.25, 0.3) is 0 Å². The highest BCUT2D eigenvalue weighted by atomic mass is 16.2. The number of piperidine rings is 1. The Morgan fingerprint density at radius 3 is 2.52 bits per heavy atom. The van der Waals surface area contributed by atoms with Crippen molar-refractivity contribution < 1.29 is 4.79 Å². The zero-order chi connectivity index (χ0) is 15.3. The molecule has 1 amide bonds. The van der Waals surface area contributed by atoms with Gasteiger partial charge >= 0.3 is 0 Å². The van der Waals surface area contributed by atoms with Crippen LogP contribution in [0.2, 0.25) is 0 Å². The van der Waals surface area contributed by atoms with Gasteiger partial charge in [-0.25, -0.2) is 0 Å². The van der Waals surface area contributed by atoms with Gasteiger partial charge in [0.05, 0.1) is 0 Å². The molecule has 0 aliphatic carbocycles. The van der Waals surface area contributed by atoms with Gasteiger partial charge in [-0.05, 0) is 44.7 Å². The van der Waals surface area contributed by atoms with Crippen LogP contribution in [0.4, 0.5) is 0 Å². The van der Waals surface area contributed by atoms with E-state index < -0.39 is 0 Å². The van der Waals surface area contributed by atoms with E-state index in [9.17, 15) is 4.79 Å². The van der Waals surface area contributed by atoms with Crippen LogP contribution < -0.4 is 5.32 Å². The third-order valence-electron chi connectivity index (χ3n) is 4.47. The zero-order valence-electron chi connectivity index (χ0n) is 14.3. The fourth-order valence-electron chi connectivity index (χ4n) is 3.19. The largest absolute Gasteiger partial charge is 0.342 e. The Hall–Kier alpha value is -0.570. The van der Waals surface area contributed by atoms with Crippen molar-refractivity contribution in [2.24, 2.45) is 5.92 Å². The molecule has 0 saturated carbocycles. The van der Waals surface area contributed by atoms with E-state index in [1.165, 1.54) is 44.9 Å². The molecule has 1 heterocycles. The van der Waals surface area contributed by atoms with E-state index in [2.05, 4.69) is 24.1 Å². The molecule has 3 heteroatoms. The average Bonchev–Trinajstić information content (AvgIpc) is 2.51. The third kappa shape index (κ3) is 8.45. The Balaban J connectivity index is 2.21. The quantitative estimate of drug-likeness (QED) is 0.585. The number of hydrogen-bond acceptors (Lipinski definition) is 2. The van der Waals surface area contributed by atoms with E-state index in [0.29, 0.717) is 11.8 Å². The van der Waals surface area contributed by atoms with Crippen LogP contribution in [0, 0.1) is 5.92 Å². The fraction of sp³-hybridized carbons (Fsp3) is 0.944. The van der Waals surface area contributed by atoms with Crippen molar-refractivity contribution >= 4 is 5.91 Å². The standard InChI is InChI=1S/C18H36N2O/c1-3-5-6-7-8-9-12-18(21)20(14-4-2)16-17-11-10-13-19-15-17/h17,19H,3-16H2,1-2H3. The Kier molecular flexibility index (Phi) is 10.6. The molecule has 0 aromatic rings. The van der Waals surface area contributed by atoms with Gasteiger partial charge in [0.2, 0.25) is 5.91 Å². The second kappa shape index (κ2) is 12.0. The minimum absolute atomic E-state index is 0.387. The number of rotatable bonds is 11. The second-order valence-corrected chi connectivity index (χ2v) is 6.57. The number of amides is 1. The molecule has 0 bridgehead atoms.